The summed E-state index contributed by atoms with van der Waals surface area (Å²) >= 11 is 0. The largest absolute Gasteiger partial charge is 0.0616 e. The summed E-state index contributed by atoms with van der Waals surface area (Å²) in [5, 5.41) is 2.60. The first-order valence-electron chi connectivity index (χ1n) is 9.44. The molecule has 4 aromatic rings. The molecule has 0 nitrogen and oxygen atoms in total. The molecule has 0 spiro atoms. The maximum atomic E-state index is 2.40. The van der Waals surface area contributed by atoms with E-state index in [4.69, 9.17) is 0 Å². The maximum absolute atomic E-state index is 2.40. The van der Waals surface area contributed by atoms with Crippen molar-refractivity contribution >= 4 is 10.8 Å². The fraction of sp³-hybridized carbons (Fsp3) is 0.154. The van der Waals surface area contributed by atoms with Crippen molar-refractivity contribution in [3.8, 4) is 22.3 Å². The molecule has 0 heterocycles. The molecule has 1 aliphatic rings. The zero-order valence-corrected chi connectivity index (χ0v) is 15.3. The second kappa shape index (κ2) is 5.85. The quantitative estimate of drug-likeness (QED) is 0.320. The summed E-state index contributed by atoms with van der Waals surface area (Å²) in [7, 11) is 0. The minimum absolute atomic E-state index is 0.581. The van der Waals surface area contributed by atoms with Gasteiger partial charge in [0.1, 0.15) is 0 Å². The van der Waals surface area contributed by atoms with Crippen LogP contribution in [0.2, 0.25) is 0 Å². The van der Waals surface area contributed by atoms with E-state index in [0.29, 0.717) is 5.92 Å². The van der Waals surface area contributed by atoms with E-state index in [2.05, 4.69) is 92.7 Å². The summed E-state index contributed by atoms with van der Waals surface area (Å²) in [5.41, 5.74) is 9.78. The maximum Gasteiger partial charge on any atom is -0.00131 e. The van der Waals surface area contributed by atoms with E-state index in [1.54, 1.807) is 0 Å². The van der Waals surface area contributed by atoms with E-state index in [-0.39, 0.29) is 0 Å². The van der Waals surface area contributed by atoms with Crippen LogP contribution in [-0.4, -0.2) is 0 Å². The van der Waals surface area contributed by atoms with Crippen LogP contribution in [0.5, 0.6) is 0 Å². The van der Waals surface area contributed by atoms with Crippen LogP contribution >= 0.6 is 0 Å². The number of rotatable bonds is 2. The van der Waals surface area contributed by atoms with Gasteiger partial charge in [-0.05, 0) is 68.1 Å². The molecule has 0 unspecified atom stereocenters. The molecule has 0 radical (unpaired) electrons. The first-order chi connectivity index (χ1) is 12.7. The predicted octanol–water partition coefficient (Wildman–Crippen LogP) is 7.20. The van der Waals surface area contributed by atoms with E-state index in [1.807, 2.05) is 0 Å². The van der Waals surface area contributed by atoms with E-state index < -0.39 is 0 Å². The van der Waals surface area contributed by atoms with Crippen LogP contribution in [0.25, 0.3) is 33.0 Å². The summed E-state index contributed by atoms with van der Waals surface area (Å²) in [6.07, 6.45) is 1.05. The molecule has 0 N–H and O–H groups in total. The van der Waals surface area contributed by atoms with Crippen LogP contribution in [0.1, 0.15) is 36.5 Å². The van der Waals surface area contributed by atoms with Crippen molar-refractivity contribution in [1.29, 1.82) is 0 Å². The average Bonchev–Trinajstić information content (AvgIpc) is 3.04. The molecule has 126 valence electrons. The molecular formula is C26H22. The van der Waals surface area contributed by atoms with Crippen LogP contribution in [0.3, 0.4) is 0 Å². The minimum atomic E-state index is 0.581. The van der Waals surface area contributed by atoms with E-state index in [0.717, 1.165) is 6.42 Å². The summed E-state index contributed by atoms with van der Waals surface area (Å²) in [6, 6.07) is 29.3. The molecule has 4 aromatic carbocycles. The van der Waals surface area contributed by atoms with Crippen molar-refractivity contribution in [1.82, 2.24) is 0 Å². The van der Waals surface area contributed by atoms with Crippen LogP contribution in [0.15, 0.2) is 78.9 Å². The van der Waals surface area contributed by atoms with Gasteiger partial charge in [-0.15, -0.1) is 0 Å². The van der Waals surface area contributed by atoms with Crippen molar-refractivity contribution in [2.75, 3.05) is 0 Å². The molecule has 0 bridgehead atoms. The molecule has 1 aliphatic carbocycles. The first-order valence-corrected chi connectivity index (χ1v) is 9.44. The molecule has 0 aliphatic heterocycles. The van der Waals surface area contributed by atoms with Crippen molar-refractivity contribution in [3.05, 3.63) is 95.6 Å². The number of benzene rings is 4. The fourth-order valence-corrected chi connectivity index (χ4v) is 4.14. The summed E-state index contributed by atoms with van der Waals surface area (Å²) in [6.45, 7) is 4.53. The molecule has 0 aromatic heterocycles. The van der Waals surface area contributed by atoms with Crippen LogP contribution in [-0.2, 0) is 6.42 Å². The normalized spacial score (nSPS) is 12.4. The SMILES string of the molecule is CC(C)c1ccc2c(c1)Cc1cc(-c3ccc4ccccc4c3)ccc1-2. The average molecular weight is 334 g/mol. The first kappa shape index (κ1) is 15.4. The lowest BCUT2D eigenvalue weighted by atomic mass is 9.96. The Labute approximate surface area is 155 Å². The lowest BCUT2D eigenvalue weighted by Crippen LogP contribution is -1.89. The fourth-order valence-electron chi connectivity index (χ4n) is 4.14. The number of hydrogen-bond acceptors (Lipinski definition) is 0. The second-order valence-corrected chi connectivity index (χ2v) is 7.68. The molecule has 0 saturated heterocycles. The zero-order chi connectivity index (χ0) is 17.7. The van der Waals surface area contributed by atoms with Gasteiger partial charge in [-0.25, -0.2) is 0 Å². The Bertz CT molecular complexity index is 1130. The monoisotopic (exact) mass is 334 g/mol. The third kappa shape index (κ3) is 2.45. The highest BCUT2D eigenvalue weighted by molar-refractivity contribution is 5.88. The highest BCUT2D eigenvalue weighted by Crippen LogP contribution is 2.40. The minimum Gasteiger partial charge on any atom is -0.0616 e. The molecule has 0 heteroatoms. The van der Waals surface area contributed by atoms with Gasteiger partial charge >= 0.3 is 0 Å². The Morgan fingerprint density at radius 3 is 2.08 bits per heavy atom. The van der Waals surface area contributed by atoms with Crippen molar-refractivity contribution in [2.24, 2.45) is 0 Å². The number of fused-ring (bicyclic) bond motifs is 4. The molecule has 5 rings (SSSR count). The van der Waals surface area contributed by atoms with Crippen molar-refractivity contribution in [2.45, 2.75) is 26.2 Å². The number of hydrogen-bond donors (Lipinski definition) is 0. The summed E-state index contributed by atoms with van der Waals surface area (Å²) in [5.74, 6) is 0.581. The smallest absolute Gasteiger partial charge is 0.00131 e. The van der Waals surface area contributed by atoms with Crippen molar-refractivity contribution in [3.63, 3.8) is 0 Å². The van der Waals surface area contributed by atoms with Gasteiger partial charge in [0.2, 0.25) is 0 Å². The van der Waals surface area contributed by atoms with E-state index >= 15 is 0 Å². The molecule has 0 saturated carbocycles. The molecule has 0 fully saturated rings. The van der Waals surface area contributed by atoms with Crippen LogP contribution in [0.4, 0.5) is 0 Å². The lowest BCUT2D eigenvalue weighted by molar-refractivity contribution is 0.864. The standard InChI is InChI=1S/C26H22/c1-17(2)19-9-11-25-23(13-19)16-24-15-22(10-12-26(24)25)21-8-7-18-5-3-4-6-20(18)14-21/h3-15,17H,16H2,1-2H3. The van der Waals surface area contributed by atoms with Crippen LogP contribution in [0, 0.1) is 0 Å². The van der Waals surface area contributed by atoms with Gasteiger partial charge in [-0.1, -0.05) is 86.6 Å². The molecule has 26 heavy (non-hydrogen) atoms. The third-order valence-electron chi connectivity index (χ3n) is 5.66. The van der Waals surface area contributed by atoms with Gasteiger partial charge in [-0.2, -0.15) is 0 Å². The van der Waals surface area contributed by atoms with Gasteiger partial charge in [0.05, 0.1) is 0 Å². The summed E-state index contributed by atoms with van der Waals surface area (Å²) in [4.78, 5) is 0. The Kier molecular flexibility index (Phi) is 3.46. The zero-order valence-electron chi connectivity index (χ0n) is 15.3. The molecular weight excluding hydrogens is 312 g/mol. The van der Waals surface area contributed by atoms with Crippen LogP contribution < -0.4 is 0 Å². The highest BCUT2D eigenvalue weighted by atomic mass is 14.2. The highest BCUT2D eigenvalue weighted by Gasteiger charge is 2.19. The second-order valence-electron chi connectivity index (χ2n) is 7.68. The Balaban J connectivity index is 1.56. The van der Waals surface area contributed by atoms with Gasteiger partial charge in [-0.3, -0.25) is 0 Å². The third-order valence-corrected chi connectivity index (χ3v) is 5.66. The van der Waals surface area contributed by atoms with E-state index in [9.17, 15) is 0 Å². The molecule has 0 atom stereocenters. The van der Waals surface area contributed by atoms with Gasteiger partial charge in [0, 0.05) is 0 Å². The Hall–Kier alpha value is -2.86. The lowest BCUT2D eigenvalue weighted by Gasteiger charge is -2.08. The Morgan fingerprint density at radius 2 is 1.27 bits per heavy atom. The van der Waals surface area contributed by atoms with Gasteiger partial charge in [0.25, 0.3) is 0 Å². The van der Waals surface area contributed by atoms with Gasteiger partial charge < -0.3 is 0 Å². The molecule has 0 amide bonds. The Morgan fingerprint density at radius 1 is 0.615 bits per heavy atom. The topological polar surface area (TPSA) is 0 Å². The summed E-state index contributed by atoms with van der Waals surface area (Å²) < 4.78 is 0. The predicted molar refractivity (Wildman–Crippen MR) is 112 cm³/mol. The van der Waals surface area contributed by atoms with E-state index in [1.165, 1.54) is 49.7 Å². The van der Waals surface area contributed by atoms with Crippen molar-refractivity contribution < 1.29 is 0 Å². The van der Waals surface area contributed by atoms with Gasteiger partial charge in [0.15, 0.2) is 0 Å².